The molecule has 0 unspecified atom stereocenters. The predicted octanol–water partition coefficient (Wildman–Crippen LogP) is -2.10. The smallest absolute Gasteiger partial charge is 0.331 e. The normalized spacial score (nSPS) is 35.6. The van der Waals surface area contributed by atoms with Crippen molar-refractivity contribution < 1.29 is 123 Å². The second kappa shape index (κ2) is 22.6. The Balaban J connectivity index is 1.19. The molecule has 4 saturated heterocycles. The van der Waals surface area contributed by atoms with Gasteiger partial charge in [0.05, 0.1) is 32.5 Å². The monoisotopic (exact) mass is 1050 g/mol. The first kappa shape index (κ1) is 54.5. The van der Waals surface area contributed by atoms with Crippen molar-refractivity contribution in [1.29, 1.82) is 0 Å². The van der Waals surface area contributed by atoms with Crippen LogP contribution in [0.5, 0.6) is 34.5 Å². The standard InChI is InChI=1S/C48H56O26/c1-17-31(55)36(60)38(62)47(68-17)74-44-42(71-29(54)11-5-19-4-10-23(51)26(12-19)64-3)34(58)28(16-66-46-39(63)41(32(56)18(2)67-46)72-45-37(61)33(57)25(53)15-65-45)70-48(44)73-43-35(59)30-24(52)13-22(50)14-27(30)69-40(43)20-6-8-21(49)9-7-20/h4-14,17-18,25,28,31-34,36-39,41-42,44-53,55-58,60-63H,15-16H2,1-3H3/b11-5+/t17-,18-,25-,28-,31-,32-,33+,34-,36+,37+,38+,39+,41+,42-,44+,45+,46-,47+,48+/m0/s1. The molecule has 4 aliphatic heterocycles. The SMILES string of the molecule is COc1cc(/C=C/C(=O)O[C@H]2[C@@H](O)[C@H](CO[C@H]3O[C@@H](C)[C@H](O)[C@@H](O[C@H]4OC[C@H](O)[C@@H](O)[C@H]4O)[C@H]3O)O[C@H](Oc3c(-c4ccc(O)cc4)oc4cc(O)cc(O)c4c3=O)[C@@H]2O[C@H]2O[C@@H](C)[C@H](O)[C@@H](O)[C@H]2O)ccc1O. The number of methoxy groups -OCH3 is 1. The minimum atomic E-state index is -2.15. The van der Waals surface area contributed by atoms with Gasteiger partial charge in [0.1, 0.15) is 95.4 Å². The summed E-state index contributed by atoms with van der Waals surface area (Å²) in [6, 6.07) is 11.0. The molecule has 74 heavy (non-hydrogen) atoms. The molecule has 4 aliphatic rings. The lowest BCUT2D eigenvalue weighted by Crippen LogP contribution is -2.66. The van der Waals surface area contributed by atoms with Gasteiger partial charge in [0, 0.05) is 23.8 Å². The Morgan fingerprint density at radius 2 is 1.34 bits per heavy atom. The van der Waals surface area contributed by atoms with Crippen LogP contribution in [0.4, 0.5) is 0 Å². The molecule has 0 saturated carbocycles. The molecule has 8 rings (SSSR count). The van der Waals surface area contributed by atoms with Crippen molar-refractivity contribution >= 4 is 23.0 Å². The van der Waals surface area contributed by atoms with Crippen LogP contribution >= 0.6 is 0 Å². The number of hydrogen-bond donors (Lipinski definition) is 13. The van der Waals surface area contributed by atoms with E-state index in [1.807, 2.05) is 0 Å². The van der Waals surface area contributed by atoms with Gasteiger partial charge in [-0.05, 0) is 61.9 Å². The molecule has 4 aromatic rings. The number of carbonyl (C=O) groups is 1. The van der Waals surface area contributed by atoms with Gasteiger partial charge in [-0.3, -0.25) is 4.79 Å². The van der Waals surface area contributed by atoms with E-state index in [0.29, 0.717) is 5.56 Å². The summed E-state index contributed by atoms with van der Waals surface area (Å²) >= 11 is 0. The minimum absolute atomic E-state index is 0.0478. The van der Waals surface area contributed by atoms with Crippen molar-refractivity contribution in [2.45, 2.75) is 131 Å². The maximum atomic E-state index is 14.6. The lowest BCUT2D eigenvalue weighted by atomic mass is 9.97. The zero-order valence-corrected chi connectivity index (χ0v) is 39.4. The number of aliphatic hydroxyl groups excluding tert-OH is 9. The van der Waals surface area contributed by atoms with E-state index in [9.17, 15) is 76.0 Å². The van der Waals surface area contributed by atoms with Gasteiger partial charge in [-0.2, -0.15) is 0 Å². The van der Waals surface area contributed by atoms with E-state index in [1.54, 1.807) is 0 Å². The molecule has 0 aliphatic carbocycles. The molecule has 26 heteroatoms. The number of rotatable bonds is 14. The van der Waals surface area contributed by atoms with Crippen LogP contribution in [0.1, 0.15) is 19.4 Å². The number of fused-ring (bicyclic) bond motifs is 1. The summed E-state index contributed by atoms with van der Waals surface area (Å²) in [5, 5.41) is 139. The van der Waals surface area contributed by atoms with Crippen molar-refractivity contribution in [2.24, 2.45) is 0 Å². The van der Waals surface area contributed by atoms with E-state index >= 15 is 0 Å². The van der Waals surface area contributed by atoms with Crippen molar-refractivity contribution in [2.75, 3.05) is 20.3 Å². The van der Waals surface area contributed by atoms with Gasteiger partial charge in [0.25, 0.3) is 0 Å². The Kier molecular flexibility index (Phi) is 16.6. The zero-order chi connectivity index (χ0) is 53.4. The van der Waals surface area contributed by atoms with Crippen molar-refractivity contribution in [3.8, 4) is 45.8 Å². The number of aromatic hydroxyl groups is 4. The Labute approximate surface area is 418 Å². The number of phenolic OH excluding ortho intramolecular Hbond substituents is 4. The summed E-state index contributed by atoms with van der Waals surface area (Å²) in [5.74, 6) is -4.03. The molecule has 4 fully saturated rings. The third-order valence-corrected chi connectivity index (χ3v) is 12.8. The Bertz CT molecular complexity index is 2680. The molecule has 19 atom stereocenters. The molecule has 0 amide bonds. The van der Waals surface area contributed by atoms with Gasteiger partial charge < -0.3 is 118 Å². The topological polar surface area (TPSA) is 403 Å². The Hall–Kier alpha value is -5.76. The lowest BCUT2D eigenvalue weighted by molar-refractivity contribution is -0.365. The van der Waals surface area contributed by atoms with Gasteiger partial charge in [-0.25, -0.2) is 4.79 Å². The number of phenols is 4. The summed E-state index contributed by atoms with van der Waals surface area (Å²) in [7, 11) is 1.30. The summed E-state index contributed by atoms with van der Waals surface area (Å²) in [6.07, 6.45) is -31.6. The summed E-state index contributed by atoms with van der Waals surface area (Å²) < 4.78 is 64.2. The third-order valence-electron chi connectivity index (χ3n) is 12.8. The van der Waals surface area contributed by atoms with Crippen LogP contribution in [0, 0.1) is 0 Å². The van der Waals surface area contributed by atoms with E-state index in [4.69, 9.17) is 51.8 Å². The fourth-order valence-corrected chi connectivity index (χ4v) is 8.65. The van der Waals surface area contributed by atoms with Gasteiger partial charge in [0.2, 0.25) is 17.5 Å². The van der Waals surface area contributed by atoms with Gasteiger partial charge in [-0.15, -0.1) is 0 Å². The fourth-order valence-electron chi connectivity index (χ4n) is 8.65. The summed E-state index contributed by atoms with van der Waals surface area (Å²) in [5.41, 5.74) is -1.09. The predicted molar refractivity (Wildman–Crippen MR) is 244 cm³/mol. The van der Waals surface area contributed by atoms with Crippen LogP contribution in [0.2, 0.25) is 0 Å². The molecule has 5 heterocycles. The number of carbonyl (C=O) groups excluding carboxylic acids is 1. The van der Waals surface area contributed by atoms with E-state index in [2.05, 4.69) is 0 Å². The minimum Gasteiger partial charge on any atom is -0.508 e. The highest BCUT2D eigenvalue weighted by atomic mass is 16.8. The highest BCUT2D eigenvalue weighted by Gasteiger charge is 2.55. The molecule has 26 nitrogen and oxygen atoms in total. The average molecular weight is 1050 g/mol. The Morgan fingerprint density at radius 3 is 2.05 bits per heavy atom. The molecular formula is C48H56O26. The first-order valence-corrected chi connectivity index (χ1v) is 23.0. The van der Waals surface area contributed by atoms with Gasteiger partial charge in [0.15, 0.2) is 48.3 Å². The number of benzene rings is 3. The quantitative estimate of drug-likeness (QED) is 0.0475. The van der Waals surface area contributed by atoms with E-state index in [1.165, 1.54) is 69.5 Å². The second-order valence-corrected chi connectivity index (χ2v) is 17.9. The maximum absolute atomic E-state index is 14.6. The van der Waals surface area contributed by atoms with Crippen molar-refractivity contribution in [3.05, 3.63) is 76.5 Å². The highest BCUT2D eigenvalue weighted by Crippen LogP contribution is 2.40. The van der Waals surface area contributed by atoms with Gasteiger partial charge in [-0.1, -0.05) is 6.07 Å². The van der Waals surface area contributed by atoms with Crippen molar-refractivity contribution in [3.63, 3.8) is 0 Å². The zero-order valence-electron chi connectivity index (χ0n) is 39.4. The number of esters is 1. The van der Waals surface area contributed by atoms with E-state index < -0.39 is 170 Å². The number of hydrogen-bond acceptors (Lipinski definition) is 26. The van der Waals surface area contributed by atoms with Gasteiger partial charge >= 0.3 is 5.97 Å². The lowest BCUT2D eigenvalue weighted by Gasteiger charge is -2.47. The van der Waals surface area contributed by atoms with Crippen LogP contribution in [-0.2, 0) is 42.7 Å². The second-order valence-electron chi connectivity index (χ2n) is 17.9. The maximum Gasteiger partial charge on any atom is 0.331 e. The molecule has 0 spiro atoms. The number of aliphatic hydroxyl groups is 9. The largest absolute Gasteiger partial charge is 0.508 e. The Morgan fingerprint density at radius 1 is 0.662 bits per heavy atom. The van der Waals surface area contributed by atoms with E-state index in [0.717, 1.165) is 18.2 Å². The first-order chi connectivity index (χ1) is 35.1. The average Bonchev–Trinajstić information content (AvgIpc) is 3.36. The van der Waals surface area contributed by atoms with Crippen LogP contribution in [0.15, 0.2) is 69.9 Å². The molecule has 0 bridgehead atoms. The first-order valence-electron chi connectivity index (χ1n) is 23.0. The highest BCUT2D eigenvalue weighted by molar-refractivity contribution is 5.88. The summed E-state index contributed by atoms with van der Waals surface area (Å²) in [6.45, 7) is 1.36. The van der Waals surface area contributed by atoms with Crippen LogP contribution in [0.25, 0.3) is 28.4 Å². The van der Waals surface area contributed by atoms with Crippen LogP contribution < -0.4 is 14.9 Å². The molecule has 0 radical (unpaired) electrons. The molecule has 1 aromatic heterocycles. The molecule has 13 N–H and O–H groups in total. The molecule has 3 aromatic carbocycles. The third kappa shape index (κ3) is 11.3. The van der Waals surface area contributed by atoms with E-state index in [-0.39, 0.29) is 28.4 Å². The van der Waals surface area contributed by atoms with Crippen molar-refractivity contribution in [1.82, 2.24) is 0 Å². The summed E-state index contributed by atoms with van der Waals surface area (Å²) in [4.78, 5) is 28.5. The van der Waals surface area contributed by atoms with Crippen LogP contribution in [-0.4, -0.2) is 209 Å². The molecular weight excluding hydrogens is 993 g/mol. The fraction of sp³-hybridized carbons (Fsp3) is 0.500. The molecule has 404 valence electrons. The number of ether oxygens (including phenoxy) is 10. The van der Waals surface area contributed by atoms with Crippen LogP contribution in [0.3, 0.4) is 0 Å².